The van der Waals surface area contributed by atoms with Gasteiger partial charge in [0.25, 0.3) is 0 Å². The molecule has 4 heteroatoms. The van der Waals surface area contributed by atoms with Gasteiger partial charge in [0.15, 0.2) is 3.95 Å². The zero-order valence-electron chi connectivity index (χ0n) is 14.6. The Kier molecular flexibility index (Phi) is 3.36. The molecule has 26 heavy (non-hydrogen) atoms. The molecule has 0 radical (unpaired) electrons. The summed E-state index contributed by atoms with van der Waals surface area (Å²) in [6, 6.07) is 23.5. The van der Waals surface area contributed by atoms with Crippen molar-refractivity contribution in [2.75, 3.05) is 5.32 Å². The highest BCUT2D eigenvalue weighted by Crippen LogP contribution is 2.47. The van der Waals surface area contributed by atoms with E-state index in [-0.39, 0.29) is 5.54 Å². The number of aromatic nitrogens is 1. The van der Waals surface area contributed by atoms with Crippen LogP contribution in [-0.2, 0) is 5.54 Å². The fraction of sp³-hybridized carbons (Fsp3) is 0.136. The largest absolute Gasteiger partial charge is 0.366 e. The van der Waals surface area contributed by atoms with Crippen LogP contribution in [0, 0.1) is 3.95 Å². The number of hydrogen-bond donors (Lipinski definition) is 1. The van der Waals surface area contributed by atoms with E-state index in [0.29, 0.717) is 0 Å². The molecule has 3 aromatic carbocycles. The van der Waals surface area contributed by atoms with Gasteiger partial charge in [-0.15, -0.1) is 0 Å². The molecule has 1 aliphatic heterocycles. The predicted octanol–water partition coefficient (Wildman–Crippen LogP) is 6.75. The summed E-state index contributed by atoms with van der Waals surface area (Å²) in [5, 5.41) is 7.29. The maximum Gasteiger partial charge on any atom is 0.168 e. The number of hydrogen-bond acceptors (Lipinski definition) is 3. The van der Waals surface area contributed by atoms with Crippen LogP contribution in [0.15, 0.2) is 66.7 Å². The van der Waals surface area contributed by atoms with E-state index in [4.69, 9.17) is 12.2 Å². The van der Waals surface area contributed by atoms with Gasteiger partial charge in [0.05, 0.1) is 16.9 Å². The lowest BCUT2D eigenvalue weighted by atomic mass is 9.86. The van der Waals surface area contributed by atoms with Crippen molar-refractivity contribution >= 4 is 39.3 Å². The maximum atomic E-state index is 5.81. The number of nitrogens with one attached hydrogen (secondary N) is 1. The van der Waals surface area contributed by atoms with Crippen molar-refractivity contribution in [1.82, 2.24) is 4.57 Å². The van der Waals surface area contributed by atoms with Gasteiger partial charge in [0, 0.05) is 10.9 Å². The SMILES string of the molecule is CC1(C)Nc2sc(=S)n(-c3cccc4ccccc34)c2-c2ccccc21. The van der Waals surface area contributed by atoms with Gasteiger partial charge in [-0.3, -0.25) is 4.57 Å². The monoisotopic (exact) mass is 374 g/mol. The average Bonchev–Trinajstić information content (AvgIpc) is 2.96. The normalized spacial score (nSPS) is 14.5. The third-order valence-electron chi connectivity index (χ3n) is 5.10. The number of rotatable bonds is 1. The average molecular weight is 375 g/mol. The number of thiazole rings is 1. The Morgan fingerprint density at radius 1 is 0.923 bits per heavy atom. The van der Waals surface area contributed by atoms with Crippen LogP contribution in [0.4, 0.5) is 5.00 Å². The van der Waals surface area contributed by atoms with Gasteiger partial charge in [-0.2, -0.15) is 0 Å². The van der Waals surface area contributed by atoms with Crippen LogP contribution in [0.3, 0.4) is 0 Å². The van der Waals surface area contributed by atoms with Crippen LogP contribution in [-0.4, -0.2) is 4.57 Å². The van der Waals surface area contributed by atoms with Crippen LogP contribution >= 0.6 is 23.6 Å². The Morgan fingerprint density at radius 3 is 2.54 bits per heavy atom. The van der Waals surface area contributed by atoms with Crippen molar-refractivity contribution in [3.8, 4) is 16.9 Å². The van der Waals surface area contributed by atoms with Crippen LogP contribution < -0.4 is 5.32 Å². The predicted molar refractivity (Wildman–Crippen MR) is 114 cm³/mol. The Morgan fingerprint density at radius 2 is 1.65 bits per heavy atom. The van der Waals surface area contributed by atoms with Crippen molar-refractivity contribution in [3.63, 3.8) is 0 Å². The standard InChI is InChI=1S/C22H18N2S2/c1-22(2)17-12-6-5-11-16(17)19-20(23-22)26-21(25)24(19)18-13-7-9-14-8-3-4-10-15(14)18/h3-13,23H,1-2H3. The molecule has 0 fully saturated rings. The first-order valence-electron chi connectivity index (χ1n) is 8.68. The zero-order valence-corrected chi connectivity index (χ0v) is 16.2. The van der Waals surface area contributed by atoms with E-state index in [1.807, 2.05) is 0 Å². The van der Waals surface area contributed by atoms with Gasteiger partial charge >= 0.3 is 0 Å². The van der Waals surface area contributed by atoms with E-state index in [0.717, 1.165) is 14.6 Å². The third-order valence-corrected chi connectivity index (χ3v) is 6.39. The van der Waals surface area contributed by atoms with Crippen LogP contribution in [0.2, 0.25) is 0 Å². The van der Waals surface area contributed by atoms with Crippen LogP contribution in [0.25, 0.3) is 27.7 Å². The van der Waals surface area contributed by atoms with Gasteiger partial charge in [0.1, 0.15) is 5.00 Å². The summed E-state index contributed by atoms with van der Waals surface area (Å²) in [6.45, 7) is 4.44. The minimum Gasteiger partial charge on any atom is -0.366 e. The minimum absolute atomic E-state index is 0.118. The molecule has 5 rings (SSSR count). The fourth-order valence-electron chi connectivity index (χ4n) is 3.91. The van der Waals surface area contributed by atoms with Crippen molar-refractivity contribution in [2.45, 2.75) is 19.4 Å². The molecular formula is C22H18N2S2. The highest BCUT2D eigenvalue weighted by Gasteiger charge is 2.33. The second kappa shape index (κ2) is 5.53. The summed E-state index contributed by atoms with van der Waals surface area (Å²) >= 11 is 7.46. The van der Waals surface area contributed by atoms with E-state index in [9.17, 15) is 0 Å². The molecular weight excluding hydrogens is 356 g/mol. The summed E-state index contributed by atoms with van der Waals surface area (Å²) in [5.74, 6) is 0. The molecule has 1 N–H and O–H groups in total. The van der Waals surface area contributed by atoms with Gasteiger partial charge in [-0.05, 0) is 43.1 Å². The summed E-state index contributed by atoms with van der Waals surface area (Å²) in [6.07, 6.45) is 0. The highest BCUT2D eigenvalue weighted by atomic mass is 32.1. The topological polar surface area (TPSA) is 17.0 Å². The molecule has 128 valence electrons. The van der Waals surface area contributed by atoms with E-state index in [1.54, 1.807) is 11.3 Å². The minimum atomic E-state index is -0.118. The first-order chi connectivity index (χ1) is 12.6. The van der Waals surface area contributed by atoms with Crippen molar-refractivity contribution in [2.24, 2.45) is 0 Å². The molecule has 0 atom stereocenters. The molecule has 0 saturated heterocycles. The van der Waals surface area contributed by atoms with Crippen LogP contribution in [0.1, 0.15) is 19.4 Å². The highest BCUT2D eigenvalue weighted by molar-refractivity contribution is 7.73. The lowest BCUT2D eigenvalue weighted by molar-refractivity contribution is 0.607. The van der Waals surface area contributed by atoms with Gasteiger partial charge in [-0.25, -0.2) is 0 Å². The lowest BCUT2D eigenvalue weighted by Crippen LogP contribution is -2.31. The molecule has 0 aliphatic carbocycles. The van der Waals surface area contributed by atoms with Crippen LogP contribution in [0.5, 0.6) is 0 Å². The second-order valence-corrected chi connectivity index (χ2v) is 8.82. The van der Waals surface area contributed by atoms with E-state index >= 15 is 0 Å². The van der Waals surface area contributed by atoms with Gasteiger partial charge < -0.3 is 5.32 Å². The molecule has 0 spiro atoms. The number of anilines is 1. The van der Waals surface area contributed by atoms with Gasteiger partial charge in [-0.1, -0.05) is 72.0 Å². The fourth-order valence-corrected chi connectivity index (χ4v) is 5.41. The Hall–Kier alpha value is -2.43. The number of nitrogens with zero attached hydrogens (tertiary/aromatic N) is 1. The summed E-state index contributed by atoms with van der Waals surface area (Å²) in [7, 11) is 0. The first-order valence-corrected chi connectivity index (χ1v) is 9.91. The number of benzene rings is 3. The molecule has 4 aromatic rings. The molecule has 0 bridgehead atoms. The molecule has 0 amide bonds. The van der Waals surface area contributed by atoms with Crippen molar-refractivity contribution in [1.29, 1.82) is 0 Å². The lowest BCUT2D eigenvalue weighted by Gasteiger charge is -2.34. The van der Waals surface area contributed by atoms with E-state index in [1.165, 1.54) is 27.6 Å². The number of fused-ring (bicyclic) bond motifs is 4. The first kappa shape index (κ1) is 15.8. The third kappa shape index (κ3) is 2.19. The van der Waals surface area contributed by atoms with Crippen molar-refractivity contribution < 1.29 is 0 Å². The molecule has 0 unspecified atom stereocenters. The molecule has 1 aromatic heterocycles. The molecule has 1 aliphatic rings. The zero-order chi connectivity index (χ0) is 17.9. The Bertz CT molecular complexity index is 1210. The molecule has 2 nitrogen and oxygen atoms in total. The van der Waals surface area contributed by atoms with E-state index in [2.05, 4.69) is 90.5 Å². The molecule has 2 heterocycles. The maximum absolute atomic E-state index is 5.81. The van der Waals surface area contributed by atoms with E-state index < -0.39 is 0 Å². The Balaban J connectivity index is 1.88. The second-order valence-electron chi connectivity index (χ2n) is 7.17. The summed E-state index contributed by atoms with van der Waals surface area (Å²) in [4.78, 5) is 0. The Labute approximate surface area is 161 Å². The summed E-state index contributed by atoms with van der Waals surface area (Å²) < 4.78 is 3.10. The van der Waals surface area contributed by atoms with Gasteiger partial charge in [0.2, 0.25) is 0 Å². The van der Waals surface area contributed by atoms with Crippen molar-refractivity contribution in [3.05, 3.63) is 76.2 Å². The molecule has 0 saturated carbocycles. The quantitative estimate of drug-likeness (QED) is 0.371. The smallest absolute Gasteiger partial charge is 0.168 e. The summed E-state index contributed by atoms with van der Waals surface area (Å²) in [5.41, 5.74) is 4.75.